The minimum absolute atomic E-state index is 0.108. The van der Waals surface area contributed by atoms with Crippen molar-refractivity contribution in [1.29, 1.82) is 0 Å². The number of likely N-dealkylation sites (N-methyl/N-ethyl adjacent to an activating group) is 1. The molecule has 0 saturated heterocycles. The van der Waals surface area contributed by atoms with Crippen LogP contribution in [-0.2, 0) is 11.3 Å². The zero-order valence-electron chi connectivity index (χ0n) is 17.7. The zero-order chi connectivity index (χ0) is 23.4. The standard InChI is InChI=1S/C21H22FN9O2/c1-25-21(32)18(24)15(9-16(23)29-17-6-5-12(22)10-26-17)28-14-4-2-3-13-19(14)33-8-7-31-11-27-30-20(13)31/h2-6,9-11,28H,7-8,23-24H2,1H3,(H,25,32)(H,26,29)/b16-9+,18-15+. The molecule has 0 aliphatic carbocycles. The summed E-state index contributed by atoms with van der Waals surface area (Å²) in [6.07, 6.45) is 4.13. The van der Waals surface area contributed by atoms with Crippen molar-refractivity contribution in [3.05, 3.63) is 72.0 Å². The fourth-order valence-corrected chi connectivity index (χ4v) is 3.21. The number of fused-ring (bicyclic) bond motifs is 3. The number of rotatable bonds is 6. The van der Waals surface area contributed by atoms with Crippen molar-refractivity contribution in [2.75, 3.05) is 24.3 Å². The van der Waals surface area contributed by atoms with E-state index in [0.717, 1.165) is 11.8 Å². The van der Waals surface area contributed by atoms with Gasteiger partial charge in [0, 0.05) is 13.1 Å². The van der Waals surface area contributed by atoms with Crippen molar-refractivity contribution in [2.24, 2.45) is 11.5 Å². The maximum Gasteiger partial charge on any atom is 0.269 e. The Morgan fingerprint density at radius 1 is 1.24 bits per heavy atom. The second kappa shape index (κ2) is 9.26. The molecule has 1 aromatic carbocycles. The molecule has 0 saturated carbocycles. The van der Waals surface area contributed by atoms with Crippen molar-refractivity contribution >= 4 is 17.4 Å². The number of hydrogen-bond donors (Lipinski definition) is 5. The highest BCUT2D eigenvalue weighted by molar-refractivity contribution is 5.94. The van der Waals surface area contributed by atoms with Crippen LogP contribution in [0.1, 0.15) is 0 Å². The van der Waals surface area contributed by atoms with Gasteiger partial charge in [0.15, 0.2) is 11.6 Å². The fraction of sp³-hybridized carbons (Fsp3) is 0.143. The van der Waals surface area contributed by atoms with Gasteiger partial charge in [0.05, 0.1) is 29.7 Å². The SMILES string of the molecule is CNC(=O)/C(N)=C(/C=C(\N)Nc1ccc(F)cn1)Nc1cccc2c1OCCn1cnnc1-2. The third kappa shape index (κ3) is 4.69. The second-order valence-corrected chi connectivity index (χ2v) is 7.00. The average molecular weight is 451 g/mol. The Hall–Kier alpha value is -4.61. The number of benzene rings is 1. The molecule has 0 spiro atoms. The first-order valence-electron chi connectivity index (χ1n) is 9.95. The van der Waals surface area contributed by atoms with E-state index in [2.05, 4.69) is 31.1 Å². The van der Waals surface area contributed by atoms with Gasteiger partial charge >= 0.3 is 0 Å². The summed E-state index contributed by atoms with van der Waals surface area (Å²) >= 11 is 0. The molecular weight excluding hydrogens is 429 g/mol. The number of nitrogens with two attached hydrogens (primary N) is 2. The number of carbonyl (C=O) groups is 1. The molecule has 33 heavy (non-hydrogen) atoms. The van der Waals surface area contributed by atoms with Gasteiger partial charge in [0.25, 0.3) is 5.91 Å². The van der Waals surface area contributed by atoms with Gasteiger partial charge in [0.2, 0.25) is 0 Å². The summed E-state index contributed by atoms with van der Waals surface area (Å²) in [5.74, 6) is 0.644. The van der Waals surface area contributed by atoms with E-state index in [4.69, 9.17) is 16.2 Å². The van der Waals surface area contributed by atoms with Crippen molar-refractivity contribution in [3.8, 4) is 17.1 Å². The van der Waals surface area contributed by atoms with Gasteiger partial charge in [-0.3, -0.25) is 4.79 Å². The van der Waals surface area contributed by atoms with Gasteiger partial charge in [0.1, 0.15) is 36.1 Å². The number of allylic oxidation sites excluding steroid dienone is 1. The van der Waals surface area contributed by atoms with E-state index < -0.39 is 11.7 Å². The van der Waals surface area contributed by atoms with Crippen LogP contribution in [0.5, 0.6) is 5.75 Å². The van der Waals surface area contributed by atoms with Crippen molar-refractivity contribution in [3.63, 3.8) is 0 Å². The van der Waals surface area contributed by atoms with Gasteiger partial charge in [-0.15, -0.1) is 10.2 Å². The van der Waals surface area contributed by atoms with Crippen LogP contribution in [0.25, 0.3) is 11.4 Å². The number of nitrogens with zero attached hydrogens (tertiary/aromatic N) is 4. The first-order chi connectivity index (χ1) is 16.0. The van der Waals surface area contributed by atoms with Crippen LogP contribution in [0.4, 0.5) is 15.9 Å². The number of ether oxygens (including phenoxy) is 1. The van der Waals surface area contributed by atoms with E-state index in [0.29, 0.717) is 36.2 Å². The molecule has 2 aromatic heterocycles. The maximum absolute atomic E-state index is 13.1. The smallest absolute Gasteiger partial charge is 0.269 e. The Kier molecular flexibility index (Phi) is 6.06. The lowest BCUT2D eigenvalue weighted by molar-refractivity contribution is -0.117. The van der Waals surface area contributed by atoms with Crippen LogP contribution in [0.2, 0.25) is 0 Å². The van der Waals surface area contributed by atoms with Gasteiger partial charge < -0.3 is 36.7 Å². The molecule has 0 unspecified atom stereocenters. The summed E-state index contributed by atoms with van der Waals surface area (Å²) in [5.41, 5.74) is 13.6. The summed E-state index contributed by atoms with van der Waals surface area (Å²) in [5, 5.41) is 16.6. The molecule has 11 nitrogen and oxygen atoms in total. The van der Waals surface area contributed by atoms with Crippen LogP contribution in [0.15, 0.2) is 66.1 Å². The zero-order valence-corrected chi connectivity index (χ0v) is 17.7. The lowest BCUT2D eigenvalue weighted by atomic mass is 10.1. The number of hydrogen-bond acceptors (Lipinski definition) is 9. The Bertz CT molecular complexity index is 1230. The van der Waals surface area contributed by atoms with Crippen LogP contribution in [0, 0.1) is 5.82 Å². The third-order valence-corrected chi connectivity index (χ3v) is 4.78. The van der Waals surface area contributed by atoms with Crippen molar-refractivity contribution in [1.82, 2.24) is 25.1 Å². The lowest BCUT2D eigenvalue weighted by Crippen LogP contribution is -2.28. The highest BCUT2D eigenvalue weighted by atomic mass is 19.1. The number of pyridine rings is 1. The fourth-order valence-electron chi connectivity index (χ4n) is 3.21. The van der Waals surface area contributed by atoms with Crippen molar-refractivity contribution < 1.29 is 13.9 Å². The summed E-state index contributed by atoms with van der Waals surface area (Å²) in [6, 6.07) is 8.13. The summed E-state index contributed by atoms with van der Waals surface area (Å²) in [4.78, 5) is 16.2. The summed E-state index contributed by atoms with van der Waals surface area (Å²) < 4.78 is 21.0. The molecule has 0 atom stereocenters. The van der Waals surface area contributed by atoms with E-state index in [1.54, 1.807) is 12.4 Å². The largest absolute Gasteiger partial charge is 0.489 e. The van der Waals surface area contributed by atoms with Crippen LogP contribution >= 0.6 is 0 Å². The first-order valence-corrected chi connectivity index (χ1v) is 9.95. The van der Waals surface area contributed by atoms with Crippen LogP contribution < -0.4 is 32.2 Å². The molecular formula is C21H22FN9O2. The highest BCUT2D eigenvalue weighted by Gasteiger charge is 2.21. The quantitative estimate of drug-likeness (QED) is 0.273. The summed E-state index contributed by atoms with van der Waals surface area (Å²) in [6.45, 7) is 0.984. The van der Waals surface area contributed by atoms with E-state index in [1.807, 2.05) is 16.7 Å². The minimum Gasteiger partial charge on any atom is -0.489 e. The molecule has 3 heterocycles. The Labute approximate surface area is 188 Å². The minimum atomic E-state index is -0.510. The Morgan fingerprint density at radius 3 is 2.85 bits per heavy atom. The molecule has 4 rings (SSSR count). The van der Waals surface area contributed by atoms with Gasteiger partial charge in [-0.05, 0) is 24.3 Å². The molecule has 12 heteroatoms. The monoisotopic (exact) mass is 451 g/mol. The molecule has 0 bridgehead atoms. The molecule has 170 valence electrons. The Morgan fingerprint density at radius 2 is 2.09 bits per heavy atom. The Balaban J connectivity index is 1.70. The molecule has 0 radical (unpaired) electrons. The van der Waals surface area contributed by atoms with Gasteiger partial charge in [-0.25, -0.2) is 9.37 Å². The average Bonchev–Trinajstić information content (AvgIpc) is 3.20. The van der Waals surface area contributed by atoms with E-state index in [-0.39, 0.29) is 17.2 Å². The van der Waals surface area contributed by atoms with Gasteiger partial charge in [-0.2, -0.15) is 0 Å². The number of carbonyl (C=O) groups excluding carboxylic acids is 1. The molecule has 7 N–H and O–H groups in total. The van der Waals surface area contributed by atoms with Crippen molar-refractivity contribution in [2.45, 2.75) is 6.54 Å². The van der Waals surface area contributed by atoms with Gasteiger partial charge in [-0.1, -0.05) is 6.07 Å². The topological polar surface area (TPSA) is 158 Å². The summed E-state index contributed by atoms with van der Waals surface area (Å²) in [7, 11) is 1.46. The predicted molar refractivity (Wildman–Crippen MR) is 120 cm³/mol. The van der Waals surface area contributed by atoms with Crippen LogP contribution in [-0.4, -0.2) is 39.3 Å². The molecule has 1 aliphatic rings. The lowest BCUT2D eigenvalue weighted by Gasteiger charge is -2.17. The number of aromatic nitrogens is 4. The third-order valence-electron chi connectivity index (χ3n) is 4.78. The number of nitrogens with one attached hydrogen (secondary N) is 3. The number of amides is 1. The second-order valence-electron chi connectivity index (χ2n) is 7.00. The van der Waals surface area contributed by atoms with E-state index in [9.17, 15) is 9.18 Å². The molecule has 0 fully saturated rings. The molecule has 1 amide bonds. The number of halogens is 1. The van der Waals surface area contributed by atoms with Crippen LogP contribution in [0.3, 0.4) is 0 Å². The maximum atomic E-state index is 13.1. The number of para-hydroxylation sites is 1. The van der Waals surface area contributed by atoms with E-state index >= 15 is 0 Å². The predicted octanol–water partition coefficient (Wildman–Crippen LogP) is 1.11. The molecule has 3 aromatic rings. The highest BCUT2D eigenvalue weighted by Crippen LogP contribution is 2.38. The first kappa shape index (κ1) is 21.6. The normalized spacial score (nSPS) is 13.6. The molecule has 1 aliphatic heterocycles. The number of anilines is 2. The van der Waals surface area contributed by atoms with E-state index in [1.165, 1.54) is 25.3 Å².